The van der Waals surface area contributed by atoms with Gasteiger partial charge in [0.2, 0.25) is 5.71 Å². The number of nitrogens with one attached hydrogen (secondary N) is 1. The Bertz CT molecular complexity index is 925. The van der Waals surface area contributed by atoms with Gasteiger partial charge in [0, 0.05) is 11.1 Å². The van der Waals surface area contributed by atoms with Crippen LogP contribution in [-0.2, 0) is 9.53 Å². The maximum atomic E-state index is 14.4. The molecule has 3 rings (SSSR count). The lowest BCUT2D eigenvalue weighted by molar-refractivity contribution is -0.446. The summed E-state index contributed by atoms with van der Waals surface area (Å²) in [5, 5.41) is 16.3. The summed E-state index contributed by atoms with van der Waals surface area (Å²) >= 11 is 6.09. The Hall–Kier alpha value is -2.86. The van der Waals surface area contributed by atoms with Gasteiger partial charge in [0.25, 0.3) is 0 Å². The molecule has 1 N–H and O–H groups in total. The van der Waals surface area contributed by atoms with Gasteiger partial charge in [-0.05, 0) is 37.3 Å². The fourth-order valence-corrected chi connectivity index (χ4v) is 2.91. The lowest BCUT2D eigenvalue weighted by Crippen LogP contribution is -2.20. The van der Waals surface area contributed by atoms with Crippen LogP contribution in [0.2, 0.25) is 5.02 Å². The van der Waals surface area contributed by atoms with E-state index in [4.69, 9.17) is 16.3 Å². The average molecular weight is 375 g/mol. The molecule has 26 heavy (non-hydrogen) atoms. The highest BCUT2D eigenvalue weighted by Gasteiger charge is 2.27. The summed E-state index contributed by atoms with van der Waals surface area (Å²) < 4.78 is 19.9. The van der Waals surface area contributed by atoms with Gasteiger partial charge in [-0.15, -0.1) is 0 Å². The predicted octanol–water partition coefficient (Wildman–Crippen LogP) is 3.70. The number of esters is 1. The molecule has 0 radical (unpaired) electrons. The monoisotopic (exact) mass is 374 g/mol. The predicted molar refractivity (Wildman–Crippen MR) is 97.9 cm³/mol. The second-order valence-electron chi connectivity index (χ2n) is 5.60. The molecule has 1 aliphatic rings. The molecule has 1 aliphatic heterocycles. The second kappa shape index (κ2) is 7.58. The number of carbonyl (C=O) groups excluding carboxylic acids is 1. The van der Waals surface area contributed by atoms with Crippen LogP contribution in [0.4, 0.5) is 10.1 Å². The van der Waals surface area contributed by atoms with Crippen molar-refractivity contribution >= 4 is 29.0 Å². The molecule has 0 spiro atoms. The van der Waals surface area contributed by atoms with E-state index in [9.17, 15) is 14.4 Å². The third kappa shape index (κ3) is 3.70. The van der Waals surface area contributed by atoms with Crippen LogP contribution in [-0.4, -0.2) is 29.6 Å². The van der Waals surface area contributed by atoms with Gasteiger partial charge in [0.1, 0.15) is 5.82 Å². The number of hydroxylamine groups is 1. The van der Waals surface area contributed by atoms with Crippen LogP contribution in [0.3, 0.4) is 0 Å². The second-order valence-corrected chi connectivity index (χ2v) is 6.04. The van der Waals surface area contributed by atoms with Crippen molar-refractivity contribution in [1.29, 1.82) is 0 Å². The van der Waals surface area contributed by atoms with Gasteiger partial charge >= 0.3 is 5.97 Å². The molecule has 0 unspecified atom stereocenters. The van der Waals surface area contributed by atoms with E-state index in [1.165, 1.54) is 18.2 Å². The largest absolute Gasteiger partial charge is 0.623 e. The maximum absolute atomic E-state index is 14.4. The molecule has 2 aromatic carbocycles. The number of anilines is 1. The zero-order valence-electron chi connectivity index (χ0n) is 14.0. The summed E-state index contributed by atoms with van der Waals surface area (Å²) in [4.78, 5) is 11.8. The Labute approximate surface area is 154 Å². The lowest BCUT2D eigenvalue weighted by atomic mass is 10.00. The van der Waals surface area contributed by atoms with Gasteiger partial charge in [0.15, 0.2) is 6.54 Å². The maximum Gasteiger partial charge on any atom is 0.332 e. The molecule has 1 heterocycles. The van der Waals surface area contributed by atoms with Gasteiger partial charge in [-0.25, -0.2) is 9.18 Å². The van der Waals surface area contributed by atoms with Crippen LogP contribution in [0, 0.1) is 11.0 Å². The normalized spacial score (nSPS) is 15.3. The molecule has 0 fully saturated rings. The number of benzene rings is 2. The molecule has 5 nitrogen and oxygen atoms in total. The first-order chi connectivity index (χ1) is 12.5. The smallest absolute Gasteiger partial charge is 0.332 e. The molecular weight excluding hydrogens is 359 g/mol. The van der Waals surface area contributed by atoms with Crippen molar-refractivity contribution in [1.82, 2.24) is 0 Å². The van der Waals surface area contributed by atoms with Gasteiger partial charge in [0.05, 0.1) is 29.1 Å². The first-order valence-corrected chi connectivity index (χ1v) is 8.38. The van der Waals surface area contributed by atoms with Gasteiger partial charge in [-0.2, -0.15) is 4.74 Å². The van der Waals surface area contributed by atoms with Crippen molar-refractivity contribution in [2.24, 2.45) is 0 Å². The van der Waals surface area contributed by atoms with Crippen molar-refractivity contribution in [3.8, 4) is 0 Å². The zero-order valence-corrected chi connectivity index (χ0v) is 14.7. The summed E-state index contributed by atoms with van der Waals surface area (Å²) in [6, 6.07) is 10.9. The van der Waals surface area contributed by atoms with E-state index < -0.39 is 11.8 Å². The summed E-state index contributed by atoms with van der Waals surface area (Å²) in [6.45, 7) is 1.75. The molecule has 134 valence electrons. The minimum atomic E-state index is -0.562. The fraction of sp³-hybridized carbons (Fsp3) is 0.158. The molecule has 0 bridgehead atoms. The molecule has 0 aliphatic carbocycles. The molecule has 2 aromatic rings. The van der Waals surface area contributed by atoms with Crippen molar-refractivity contribution in [2.45, 2.75) is 6.92 Å². The van der Waals surface area contributed by atoms with E-state index in [1.807, 2.05) is 0 Å². The van der Waals surface area contributed by atoms with E-state index in [1.54, 1.807) is 37.3 Å². The van der Waals surface area contributed by atoms with Crippen molar-refractivity contribution in [3.63, 3.8) is 0 Å². The van der Waals surface area contributed by atoms with Crippen LogP contribution in [0.5, 0.6) is 0 Å². The molecule has 7 heteroatoms. The molecule has 0 atom stereocenters. The topological polar surface area (TPSA) is 64.4 Å². The summed E-state index contributed by atoms with van der Waals surface area (Å²) in [7, 11) is 0. The highest BCUT2D eigenvalue weighted by Crippen LogP contribution is 2.28. The molecule has 0 saturated heterocycles. The molecular formula is C19H16ClFN2O3. The van der Waals surface area contributed by atoms with E-state index in [-0.39, 0.29) is 24.4 Å². The number of ether oxygens (including phenoxy) is 1. The highest BCUT2D eigenvalue weighted by molar-refractivity contribution is 6.31. The van der Waals surface area contributed by atoms with E-state index in [2.05, 4.69) is 5.32 Å². The minimum absolute atomic E-state index is 0.139. The molecule has 0 saturated carbocycles. The van der Waals surface area contributed by atoms with E-state index in [0.29, 0.717) is 26.7 Å². The third-order valence-electron chi connectivity index (χ3n) is 3.80. The number of rotatable bonds is 3. The first kappa shape index (κ1) is 17.9. The highest BCUT2D eigenvalue weighted by atomic mass is 35.5. The van der Waals surface area contributed by atoms with E-state index in [0.717, 1.165) is 0 Å². The minimum Gasteiger partial charge on any atom is -0.623 e. The van der Waals surface area contributed by atoms with Crippen LogP contribution in [0.1, 0.15) is 18.1 Å². The number of hydrogen-bond acceptors (Lipinski definition) is 4. The number of halogens is 2. The van der Waals surface area contributed by atoms with E-state index >= 15 is 0 Å². The Kier molecular flexibility index (Phi) is 5.23. The first-order valence-electron chi connectivity index (χ1n) is 8.00. The third-order valence-corrected chi connectivity index (χ3v) is 4.04. The molecule has 0 amide bonds. The van der Waals surface area contributed by atoms with Crippen LogP contribution in [0.25, 0.3) is 0 Å². The Morgan fingerprint density at radius 1 is 1.35 bits per heavy atom. The average Bonchev–Trinajstić information content (AvgIpc) is 2.71. The SMILES string of the molecule is CCOC(=O)C=C1C[N+]([O-])=C(c2ccccc2F)c2cc(Cl)ccc2N1. The Balaban J connectivity index is 2.18. The van der Waals surface area contributed by atoms with Gasteiger partial charge < -0.3 is 15.3 Å². The zero-order chi connectivity index (χ0) is 18.7. The van der Waals surface area contributed by atoms with Crippen molar-refractivity contribution in [3.05, 3.63) is 81.4 Å². The van der Waals surface area contributed by atoms with Crippen molar-refractivity contribution in [2.75, 3.05) is 18.5 Å². The summed E-state index contributed by atoms with van der Waals surface area (Å²) in [6.07, 6.45) is 1.22. The Morgan fingerprint density at radius 3 is 2.85 bits per heavy atom. The van der Waals surface area contributed by atoms with Gasteiger partial charge in [-0.1, -0.05) is 23.7 Å². The summed E-state index contributed by atoms with van der Waals surface area (Å²) in [5.74, 6) is -1.08. The number of benzodiazepines with no additional fused rings is 1. The standard InChI is InChI=1S/C19H16ClFN2O3/c1-2-26-18(24)10-13-11-23(25)19(14-5-3-4-6-16(14)21)15-9-12(20)7-8-17(15)22-13/h3-10,22H,2,11H2,1H3. The van der Waals surface area contributed by atoms with Crippen LogP contribution in [0.15, 0.2) is 54.2 Å². The lowest BCUT2D eigenvalue weighted by Gasteiger charge is -2.10. The Morgan fingerprint density at radius 2 is 2.12 bits per heavy atom. The van der Waals surface area contributed by atoms with Crippen LogP contribution >= 0.6 is 11.6 Å². The summed E-state index contributed by atoms with van der Waals surface area (Å²) in [5.41, 5.74) is 1.63. The number of nitrogens with zero attached hydrogens (tertiary/aromatic N) is 1. The van der Waals surface area contributed by atoms with Gasteiger partial charge in [-0.3, -0.25) is 0 Å². The number of fused-ring (bicyclic) bond motifs is 1. The quantitative estimate of drug-likeness (QED) is 0.385. The van der Waals surface area contributed by atoms with Crippen LogP contribution < -0.4 is 5.32 Å². The number of hydrogen-bond donors (Lipinski definition) is 1. The number of carbonyl (C=O) groups is 1. The fourth-order valence-electron chi connectivity index (χ4n) is 2.74. The molecule has 0 aromatic heterocycles. The van der Waals surface area contributed by atoms with Crippen molar-refractivity contribution < 1.29 is 18.7 Å².